The molecule has 0 aliphatic heterocycles. The Balaban J connectivity index is 2.69. The monoisotopic (exact) mass is 206 g/mol. The van der Waals surface area contributed by atoms with Gasteiger partial charge in [0.15, 0.2) is 0 Å². The van der Waals surface area contributed by atoms with E-state index in [0.29, 0.717) is 11.3 Å². The van der Waals surface area contributed by atoms with Gasteiger partial charge < -0.3 is 15.0 Å². The minimum Gasteiger partial charge on any atom is -0.464 e. The molecule has 0 fully saturated rings. The van der Waals surface area contributed by atoms with Gasteiger partial charge in [-0.25, -0.2) is 9.78 Å². The predicted octanol–water partition coefficient (Wildman–Crippen LogP) is 0.337. The van der Waals surface area contributed by atoms with E-state index in [-0.39, 0.29) is 5.95 Å². The average molecular weight is 206 g/mol. The number of ether oxygens (including phenoxy) is 1. The molecule has 0 radical (unpaired) electrons. The predicted molar refractivity (Wildman–Crippen MR) is 54.3 cm³/mol. The molecule has 0 aromatic carbocycles. The molecule has 2 aromatic rings. The molecule has 2 rings (SSSR count). The van der Waals surface area contributed by atoms with Crippen LogP contribution in [0.1, 0.15) is 10.5 Å². The van der Waals surface area contributed by atoms with Crippen molar-refractivity contribution in [2.75, 3.05) is 12.8 Å². The third kappa shape index (κ3) is 1.39. The number of carbonyl (C=O) groups excluding carboxylic acids is 1. The topological polar surface area (TPSA) is 83.0 Å². The van der Waals surface area contributed by atoms with Crippen molar-refractivity contribution in [1.82, 2.24) is 14.5 Å². The molecule has 6 nitrogen and oxygen atoms in total. The van der Waals surface area contributed by atoms with Crippen LogP contribution in [0.15, 0.2) is 12.3 Å². The van der Waals surface area contributed by atoms with Crippen LogP contribution in [0.5, 0.6) is 0 Å². The van der Waals surface area contributed by atoms with Gasteiger partial charge in [-0.1, -0.05) is 0 Å². The number of anilines is 1. The van der Waals surface area contributed by atoms with Gasteiger partial charge in [0.25, 0.3) is 0 Å². The number of aryl methyl sites for hydroxylation is 1. The quantitative estimate of drug-likeness (QED) is 0.680. The third-order valence-corrected chi connectivity index (χ3v) is 2.18. The summed E-state index contributed by atoms with van der Waals surface area (Å²) in [6, 6.07) is 1.67. The Bertz CT molecular complexity index is 532. The first-order chi connectivity index (χ1) is 7.13. The highest BCUT2D eigenvalue weighted by Gasteiger charge is 2.14. The van der Waals surface area contributed by atoms with E-state index in [4.69, 9.17) is 5.73 Å². The van der Waals surface area contributed by atoms with Gasteiger partial charge in [-0.3, -0.25) is 0 Å². The second kappa shape index (κ2) is 3.23. The number of aromatic nitrogens is 3. The van der Waals surface area contributed by atoms with E-state index in [1.807, 2.05) is 0 Å². The van der Waals surface area contributed by atoms with Crippen molar-refractivity contribution in [2.24, 2.45) is 7.05 Å². The smallest absolute Gasteiger partial charge is 0.354 e. The van der Waals surface area contributed by atoms with Crippen molar-refractivity contribution in [1.29, 1.82) is 0 Å². The fraction of sp³-hybridized carbons (Fsp3) is 0.222. The van der Waals surface area contributed by atoms with Gasteiger partial charge >= 0.3 is 5.97 Å². The molecule has 0 aliphatic carbocycles. The Labute approximate surface area is 85.7 Å². The standard InChI is InChI=1S/C9H10N4O2/c1-13-6(8(14)15-2)3-5-4-11-9(10)12-7(5)13/h3-4H,1-2H3,(H2,10,11,12). The number of methoxy groups -OCH3 is 1. The van der Waals surface area contributed by atoms with E-state index in [1.54, 1.807) is 23.9 Å². The molecule has 0 unspecified atom stereocenters. The summed E-state index contributed by atoms with van der Waals surface area (Å²) in [6.07, 6.45) is 1.57. The Morgan fingerprint density at radius 3 is 3.00 bits per heavy atom. The molecule has 2 aromatic heterocycles. The molecule has 2 heterocycles. The lowest BCUT2D eigenvalue weighted by Crippen LogP contribution is -2.07. The SMILES string of the molecule is COC(=O)c1cc2cnc(N)nc2n1C. The van der Waals surface area contributed by atoms with Gasteiger partial charge in [0, 0.05) is 18.6 Å². The molecule has 6 heteroatoms. The van der Waals surface area contributed by atoms with Crippen molar-refractivity contribution in [3.63, 3.8) is 0 Å². The highest BCUT2D eigenvalue weighted by molar-refractivity contribution is 5.94. The minimum absolute atomic E-state index is 0.181. The number of carbonyl (C=O) groups is 1. The lowest BCUT2D eigenvalue weighted by atomic mass is 10.4. The third-order valence-electron chi connectivity index (χ3n) is 2.18. The van der Waals surface area contributed by atoms with Crippen molar-refractivity contribution >= 4 is 23.0 Å². The average Bonchev–Trinajstić information content (AvgIpc) is 2.55. The first-order valence-electron chi connectivity index (χ1n) is 4.29. The Kier molecular flexibility index (Phi) is 2.03. The fourth-order valence-electron chi connectivity index (χ4n) is 1.42. The number of esters is 1. The zero-order chi connectivity index (χ0) is 11.0. The van der Waals surface area contributed by atoms with Crippen LogP contribution >= 0.6 is 0 Å². The van der Waals surface area contributed by atoms with Crippen LogP contribution in [-0.4, -0.2) is 27.6 Å². The van der Waals surface area contributed by atoms with E-state index >= 15 is 0 Å². The molecule has 2 N–H and O–H groups in total. The lowest BCUT2D eigenvalue weighted by Gasteiger charge is -2.00. The van der Waals surface area contributed by atoms with Gasteiger partial charge in [0.2, 0.25) is 5.95 Å². The van der Waals surface area contributed by atoms with E-state index in [9.17, 15) is 4.79 Å². The molecule has 78 valence electrons. The summed E-state index contributed by atoms with van der Waals surface area (Å²) >= 11 is 0. The van der Waals surface area contributed by atoms with Crippen LogP contribution in [0.4, 0.5) is 5.95 Å². The first-order valence-corrected chi connectivity index (χ1v) is 4.29. The molecule has 0 saturated carbocycles. The lowest BCUT2D eigenvalue weighted by molar-refractivity contribution is 0.0590. The van der Waals surface area contributed by atoms with Crippen LogP contribution < -0.4 is 5.73 Å². The van der Waals surface area contributed by atoms with E-state index < -0.39 is 5.97 Å². The van der Waals surface area contributed by atoms with E-state index in [0.717, 1.165) is 5.39 Å². The second-order valence-corrected chi connectivity index (χ2v) is 3.09. The highest BCUT2D eigenvalue weighted by Crippen LogP contribution is 2.16. The molecular formula is C9H10N4O2. The molecule has 0 bridgehead atoms. The molecule has 0 atom stereocenters. The Morgan fingerprint density at radius 2 is 2.33 bits per heavy atom. The number of hydrogen-bond donors (Lipinski definition) is 1. The molecule has 15 heavy (non-hydrogen) atoms. The van der Waals surface area contributed by atoms with Crippen LogP contribution in [-0.2, 0) is 11.8 Å². The van der Waals surface area contributed by atoms with Gasteiger partial charge in [0.1, 0.15) is 11.3 Å². The zero-order valence-electron chi connectivity index (χ0n) is 8.39. The van der Waals surface area contributed by atoms with Gasteiger partial charge in [-0.15, -0.1) is 0 Å². The van der Waals surface area contributed by atoms with Crippen molar-refractivity contribution in [2.45, 2.75) is 0 Å². The van der Waals surface area contributed by atoms with Crippen molar-refractivity contribution in [3.8, 4) is 0 Å². The number of nitrogens with zero attached hydrogens (tertiary/aromatic N) is 3. The number of rotatable bonds is 1. The minimum atomic E-state index is -0.408. The molecular weight excluding hydrogens is 196 g/mol. The van der Waals surface area contributed by atoms with Crippen molar-refractivity contribution < 1.29 is 9.53 Å². The first kappa shape index (κ1) is 9.45. The summed E-state index contributed by atoms with van der Waals surface area (Å²) < 4.78 is 6.26. The maximum absolute atomic E-state index is 11.4. The molecule has 0 spiro atoms. The second-order valence-electron chi connectivity index (χ2n) is 3.09. The van der Waals surface area contributed by atoms with Crippen LogP contribution in [0, 0.1) is 0 Å². The molecule has 0 aliphatic rings. The zero-order valence-corrected chi connectivity index (χ0v) is 8.39. The van der Waals surface area contributed by atoms with Gasteiger partial charge in [0.05, 0.1) is 7.11 Å². The Hall–Kier alpha value is -2.11. The summed E-state index contributed by atoms with van der Waals surface area (Å²) in [6.45, 7) is 0. The van der Waals surface area contributed by atoms with E-state index in [2.05, 4.69) is 14.7 Å². The largest absolute Gasteiger partial charge is 0.464 e. The van der Waals surface area contributed by atoms with Gasteiger partial charge in [-0.05, 0) is 6.07 Å². The summed E-state index contributed by atoms with van der Waals surface area (Å²) in [5, 5.41) is 0.757. The molecule has 0 saturated heterocycles. The maximum atomic E-state index is 11.4. The number of hydrogen-bond acceptors (Lipinski definition) is 5. The normalized spacial score (nSPS) is 10.5. The van der Waals surface area contributed by atoms with Crippen molar-refractivity contribution in [3.05, 3.63) is 18.0 Å². The van der Waals surface area contributed by atoms with E-state index in [1.165, 1.54) is 7.11 Å². The fourth-order valence-corrected chi connectivity index (χ4v) is 1.42. The molecule has 0 amide bonds. The Morgan fingerprint density at radius 1 is 1.60 bits per heavy atom. The summed E-state index contributed by atoms with van der Waals surface area (Å²) in [7, 11) is 3.06. The highest BCUT2D eigenvalue weighted by atomic mass is 16.5. The summed E-state index contributed by atoms with van der Waals surface area (Å²) in [5.41, 5.74) is 6.50. The number of fused-ring (bicyclic) bond motifs is 1. The van der Waals surface area contributed by atoms with Crippen LogP contribution in [0.3, 0.4) is 0 Å². The number of nitrogen functional groups attached to an aromatic ring is 1. The van der Waals surface area contributed by atoms with Gasteiger partial charge in [-0.2, -0.15) is 4.98 Å². The van der Waals surface area contributed by atoms with Crippen LogP contribution in [0.25, 0.3) is 11.0 Å². The summed E-state index contributed by atoms with van der Waals surface area (Å²) in [4.78, 5) is 19.2. The number of nitrogens with two attached hydrogens (primary N) is 1. The maximum Gasteiger partial charge on any atom is 0.354 e. The summed E-state index contributed by atoms with van der Waals surface area (Å²) in [5.74, 6) is -0.228. The van der Waals surface area contributed by atoms with Crippen LogP contribution in [0.2, 0.25) is 0 Å².